The van der Waals surface area contributed by atoms with Gasteiger partial charge in [-0.25, -0.2) is 13.6 Å². The van der Waals surface area contributed by atoms with Crippen LogP contribution in [0.4, 0.5) is 22.0 Å². The summed E-state index contributed by atoms with van der Waals surface area (Å²) in [5.74, 6) is -6.12. The summed E-state index contributed by atoms with van der Waals surface area (Å²) in [5, 5.41) is 19.4. The van der Waals surface area contributed by atoms with Crippen LogP contribution in [0.2, 0.25) is 0 Å². The van der Waals surface area contributed by atoms with Gasteiger partial charge in [0.15, 0.2) is 11.5 Å². The van der Waals surface area contributed by atoms with E-state index < -0.39 is 55.4 Å². The number of aromatic nitrogens is 1. The van der Waals surface area contributed by atoms with Gasteiger partial charge < -0.3 is 35.4 Å². The number of nitrogens with zero attached hydrogens (tertiary/aromatic N) is 5. The molecule has 14 nitrogen and oxygen atoms in total. The molecule has 19 heteroatoms. The highest BCUT2D eigenvalue weighted by Gasteiger charge is 2.47. The number of hydrogen-bond acceptors (Lipinski definition) is 10. The van der Waals surface area contributed by atoms with Crippen molar-refractivity contribution in [3.63, 3.8) is 0 Å². The highest BCUT2D eigenvalue weighted by atomic mass is 19.4. The van der Waals surface area contributed by atoms with Crippen molar-refractivity contribution in [3.05, 3.63) is 54.2 Å². The predicted molar refractivity (Wildman–Crippen MR) is 183 cm³/mol. The van der Waals surface area contributed by atoms with Crippen LogP contribution in [0.3, 0.4) is 0 Å². The van der Waals surface area contributed by atoms with Gasteiger partial charge in [0.1, 0.15) is 6.04 Å². The highest BCUT2D eigenvalue weighted by molar-refractivity contribution is 6.07. The van der Waals surface area contributed by atoms with Crippen LogP contribution in [-0.4, -0.2) is 133 Å². The minimum absolute atomic E-state index is 0.0289. The number of carboxylic acid groups (broad SMARTS) is 1. The first kappa shape index (κ1) is 41.2. The summed E-state index contributed by atoms with van der Waals surface area (Å²) in [6.07, 6.45) is -3.56. The Morgan fingerprint density at radius 1 is 1.04 bits per heavy atom. The number of fused-ring (bicyclic) bond motifs is 1. The molecule has 0 saturated carbocycles. The molecule has 290 valence electrons. The molecule has 3 aromatic rings. The van der Waals surface area contributed by atoms with Crippen molar-refractivity contribution < 1.29 is 55.7 Å². The lowest BCUT2D eigenvalue weighted by atomic mass is 10.00. The van der Waals surface area contributed by atoms with Crippen molar-refractivity contribution >= 4 is 34.6 Å². The fourth-order valence-electron chi connectivity index (χ4n) is 5.86. The first-order chi connectivity index (χ1) is 25.6. The van der Waals surface area contributed by atoms with Crippen LogP contribution in [0.1, 0.15) is 23.2 Å². The number of nitrogens with one attached hydrogen (secondary N) is 1. The second kappa shape index (κ2) is 17.9. The van der Waals surface area contributed by atoms with Crippen LogP contribution in [0, 0.1) is 11.3 Å². The number of pyridine rings is 1. The first-order valence-corrected chi connectivity index (χ1v) is 16.6. The second-order valence-electron chi connectivity index (χ2n) is 12.3. The quantitative estimate of drug-likeness (QED) is 0.192. The van der Waals surface area contributed by atoms with E-state index in [1.807, 2.05) is 24.3 Å². The lowest BCUT2D eigenvalue weighted by Crippen LogP contribution is -2.50. The number of amides is 3. The number of likely N-dealkylation sites (tertiary alicyclic amines) is 1. The Balaban J connectivity index is 0.000000845. The lowest BCUT2D eigenvalue weighted by molar-refractivity contribution is -0.192. The molecule has 1 aromatic heterocycles. The monoisotopic (exact) mass is 763 g/mol. The third kappa shape index (κ3) is 10.7. The van der Waals surface area contributed by atoms with Gasteiger partial charge in [0.25, 0.3) is 11.8 Å². The van der Waals surface area contributed by atoms with E-state index in [9.17, 15) is 41.6 Å². The van der Waals surface area contributed by atoms with Gasteiger partial charge in [-0.2, -0.15) is 18.4 Å². The van der Waals surface area contributed by atoms with Gasteiger partial charge in [0, 0.05) is 50.7 Å². The number of rotatable bonds is 11. The molecule has 3 amide bonds. The van der Waals surface area contributed by atoms with E-state index in [0.29, 0.717) is 42.1 Å². The average molecular weight is 764 g/mol. The Morgan fingerprint density at radius 2 is 1.70 bits per heavy atom. The molecule has 54 heavy (non-hydrogen) atoms. The summed E-state index contributed by atoms with van der Waals surface area (Å²) < 4.78 is 71.0. The maximum atomic E-state index is 13.8. The van der Waals surface area contributed by atoms with E-state index in [1.165, 1.54) is 12.3 Å². The maximum Gasteiger partial charge on any atom is 0.490 e. The molecule has 0 radical (unpaired) electrons. The molecule has 0 bridgehead atoms. The van der Waals surface area contributed by atoms with Gasteiger partial charge in [-0.3, -0.25) is 24.3 Å². The Labute approximate surface area is 306 Å². The zero-order chi connectivity index (χ0) is 39.6. The van der Waals surface area contributed by atoms with E-state index >= 15 is 0 Å². The van der Waals surface area contributed by atoms with Gasteiger partial charge in [-0.1, -0.05) is 12.1 Å². The van der Waals surface area contributed by atoms with Crippen molar-refractivity contribution in [2.75, 3.05) is 66.1 Å². The molecular formula is C35H38F5N7O7. The van der Waals surface area contributed by atoms with E-state index in [2.05, 4.69) is 15.2 Å². The minimum atomic E-state index is -5.08. The van der Waals surface area contributed by atoms with E-state index in [0.717, 1.165) is 42.1 Å². The van der Waals surface area contributed by atoms with Crippen LogP contribution in [0.25, 0.3) is 22.0 Å². The Bertz CT molecular complexity index is 1880. The molecule has 5 rings (SSSR count). The van der Waals surface area contributed by atoms with Gasteiger partial charge in [0.05, 0.1) is 50.5 Å². The van der Waals surface area contributed by atoms with Crippen LogP contribution < -0.4 is 20.5 Å². The van der Waals surface area contributed by atoms with E-state index in [-0.39, 0.29) is 18.0 Å². The number of benzene rings is 2. The molecule has 1 atom stereocenters. The fourth-order valence-corrected chi connectivity index (χ4v) is 5.86. The zero-order valence-electron chi connectivity index (χ0n) is 29.1. The molecule has 4 N–H and O–H groups in total. The van der Waals surface area contributed by atoms with E-state index in [1.54, 1.807) is 30.2 Å². The van der Waals surface area contributed by atoms with Gasteiger partial charge in [-0.05, 0) is 47.9 Å². The second-order valence-corrected chi connectivity index (χ2v) is 12.3. The number of nitrogens with two attached hydrogens (primary N) is 1. The van der Waals surface area contributed by atoms with Crippen LogP contribution in [0.5, 0.6) is 11.5 Å². The minimum Gasteiger partial charge on any atom is -0.493 e. The van der Waals surface area contributed by atoms with Crippen molar-refractivity contribution in [2.24, 2.45) is 5.73 Å². The zero-order valence-corrected chi connectivity index (χ0v) is 29.1. The highest BCUT2D eigenvalue weighted by Crippen LogP contribution is 2.35. The Morgan fingerprint density at radius 3 is 2.33 bits per heavy atom. The summed E-state index contributed by atoms with van der Waals surface area (Å²) in [6, 6.07) is 13.0. The van der Waals surface area contributed by atoms with E-state index in [4.69, 9.17) is 25.1 Å². The SMILES string of the molecule is COc1ccc(-c2ccc3nccc(C(=O)NCC(=O)N4CC(F)(F)C[C@H]4C#N)c3c2)cc1OCCCN1CCN(C(=O)CN)CC1.O=C(O)C(F)(F)F. The molecular weight excluding hydrogens is 725 g/mol. The number of carbonyl (C=O) groups is 4. The molecule has 2 aromatic carbocycles. The Kier molecular flexibility index (Phi) is 13.7. The third-order valence-corrected chi connectivity index (χ3v) is 8.64. The number of carbonyl (C=O) groups excluding carboxylic acids is 3. The van der Waals surface area contributed by atoms with Gasteiger partial charge in [-0.15, -0.1) is 0 Å². The molecule has 2 fully saturated rings. The molecule has 2 aliphatic rings. The number of hydrogen-bond donors (Lipinski definition) is 3. The van der Waals surface area contributed by atoms with Crippen LogP contribution >= 0.6 is 0 Å². The molecule has 3 heterocycles. The smallest absolute Gasteiger partial charge is 0.490 e. The van der Waals surface area contributed by atoms with Gasteiger partial charge >= 0.3 is 12.1 Å². The number of ether oxygens (including phenoxy) is 2. The van der Waals surface area contributed by atoms with Crippen molar-refractivity contribution in [3.8, 4) is 28.7 Å². The van der Waals surface area contributed by atoms with Crippen LogP contribution in [0.15, 0.2) is 48.7 Å². The predicted octanol–water partition coefficient (Wildman–Crippen LogP) is 2.91. The summed E-state index contributed by atoms with van der Waals surface area (Å²) in [6.45, 7) is 2.83. The normalized spacial score (nSPS) is 16.9. The summed E-state index contributed by atoms with van der Waals surface area (Å²) in [5.41, 5.74) is 7.87. The molecule has 2 saturated heterocycles. The fraction of sp³-hybridized carbons (Fsp3) is 0.429. The van der Waals surface area contributed by atoms with Crippen molar-refractivity contribution in [1.29, 1.82) is 5.26 Å². The van der Waals surface area contributed by atoms with Crippen LogP contribution in [-0.2, 0) is 14.4 Å². The summed E-state index contributed by atoms with van der Waals surface area (Å²) in [7, 11) is 1.57. The number of nitriles is 1. The van der Waals surface area contributed by atoms with Crippen molar-refractivity contribution in [1.82, 2.24) is 25.0 Å². The molecule has 0 unspecified atom stereocenters. The molecule has 0 aliphatic carbocycles. The number of carboxylic acids is 1. The average Bonchev–Trinajstić information content (AvgIpc) is 3.49. The largest absolute Gasteiger partial charge is 0.493 e. The first-order valence-electron chi connectivity index (χ1n) is 16.6. The Hall–Kier alpha value is -5.61. The maximum absolute atomic E-state index is 13.8. The molecule has 2 aliphatic heterocycles. The molecule has 0 spiro atoms. The van der Waals surface area contributed by atoms with Crippen molar-refractivity contribution in [2.45, 2.75) is 31.0 Å². The number of piperazine rings is 1. The number of aliphatic carboxylic acids is 1. The standard InChI is InChI=1S/C33H37F2N7O5.C2HF3O2/c1-46-28-6-4-23(16-29(28)47-14-2-9-40-10-12-41(13-11-40)30(43)19-37)22-3-5-27-26(15-22)25(7-8-38-27)32(45)39-20-31(44)42-21-33(34,35)17-24(42)18-36;3-2(4,5)1(6)7/h3-8,15-16,24H,2,9-14,17,19-21,37H2,1H3,(H,39,45);(H,6,7)/t24-;/m0./s1. The lowest BCUT2D eigenvalue weighted by Gasteiger charge is -2.34. The number of alkyl halides is 5. The summed E-state index contributed by atoms with van der Waals surface area (Å²) >= 11 is 0. The van der Waals surface area contributed by atoms with Gasteiger partial charge in [0.2, 0.25) is 11.8 Å². The number of methoxy groups -OCH3 is 1. The number of halogens is 5. The third-order valence-electron chi connectivity index (χ3n) is 8.64. The topological polar surface area (TPSA) is 191 Å². The summed E-state index contributed by atoms with van der Waals surface area (Å²) in [4.78, 5) is 55.7.